The summed E-state index contributed by atoms with van der Waals surface area (Å²) in [5, 5.41) is 15.1. The lowest BCUT2D eigenvalue weighted by Gasteiger charge is -2.29. The number of amides is 4. The van der Waals surface area contributed by atoms with E-state index in [9.17, 15) is 33.1 Å². The quantitative estimate of drug-likeness (QED) is 0.303. The first kappa shape index (κ1) is 30.4. The van der Waals surface area contributed by atoms with Crippen molar-refractivity contribution >= 4 is 29.5 Å². The van der Waals surface area contributed by atoms with Gasteiger partial charge in [0.1, 0.15) is 36.5 Å². The summed E-state index contributed by atoms with van der Waals surface area (Å²) in [6, 6.07) is 11.7. The molecule has 0 aromatic heterocycles. The van der Waals surface area contributed by atoms with Crippen LogP contribution in [-0.4, -0.2) is 52.1 Å². The van der Waals surface area contributed by atoms with E-state index in [0.717, 1.165) is 12.1 Å². The minimum Gasteiger partial charge on any atom is -0.489 e. The summed E-state index contributed by atoms with van der Waals surface area (Å²) in [4.78, 5) is 51.6. The largest absolute Gasteiger partial charge is 0.489 e. The van der Waals surface area contributed by atoms with Gasteiger partial charge < -0.3 is 24.2 Å². The number of halogens is 2. The van der Waals surface area contributed by atoms with Crippen LogP contribution in [0, 0.1) is 11.6 Å². The summed E-state index contributed by atoms with van der Waals surface area (Å²) < 4.78 is 43.4. The molecule has 44 heavy (non-hydrogen) atoms. The number of nitrogens with zero attached hydrogens (tertiary/aromatic N) is 1. The van der Waals surface area contributed by atoms with E-state index in [1.54, 1.807) is 12.1 Å². The van der Waals surface area contributed by atoms with E-state index in [2.05, 4.69) is 10.6 Å². The normalized spacial score (nSPS) is 16.3. The van der Waals surface area contributed by atoms with E-state index in [-0.39, 0.29) is 49.7 Å². The lowest BCUT2D eigenvalue weighted by molar-refractivity contribution is -0.136. The third kappa shape index (κ3) is 6.94. The SMILES string of the molecule is CC(C)(O)COc1c(COC(=O)Nc2ccc(Oc3ccc(F)c(F)c3)cc2)ccc2c1C(=O)N(C1CCC(=O)NC1=O)C2. The fraction of sp³-hybridized carbons (Fsp3) is 0.290. The number of nitrogens with one attached hydrogen (secondary N) is 2. The van der Waals surface area contributed by atoms with Crippen LogP contribution in [0.25, 0.3) is 0 Å². The summed E-state index contributed by atoms with van der Waals surface area (Å²) in [6.07, 6.45) is -0.514. The van der Waals surface area contributed by atoms with E-state index >= 15 is 0 Å². The number of rotatable bonds is 9. The molecule has 2 aliphatic rings. The zero-order chi connectivity index (χ0) is 31.6. The smallest absolute Gasteiger partial charge is 0.411 e. The molecule has 0 bridgehead atoms. The molecular formula is C31H29F2N3O8. The molecule has 1 fully saturated rings. The van der Waals surface area contributed by atoms with Crippen molar-refractivity contribution in [3.63, 3.8) is 0 Å². The highest BCUT2D eigenvalue weighted by molar-refractivity contribution is 6.06. The zero-order valence-electron chi connectivity index (χ0n) is 23.8. The van der Waals surface area contributed by atoms with Crippen LogP contribution in [0.1, 0.15) is 48.2 Å². The summed E-state index contributed by atoms with van der Waals surface area (Å²) in [5.41, 5.74) is 0.248. The Labute approximate surface area is 250 Å². The molecule has 0 aliphatic carbocycles. The number of ether oxygens (including phenoxy) is 3. The Morgan fingerprint density at radius 1 is 1.05 bits per heavy atom. The topological polar surface area (TPSA) is 144 Å². The summed E-state index contributed by atoms with van der Waals surface area (Å²) in [6.45, 7) is 2.73. The van der Waals surface area contributed by atoms with E-state index in [4.69, 9.17) is 14.2 Å². The van der Waals surface area contributed by atoms with Crippen molar-refractivity contribution in [1.29, 1.82) is 0 Å². The van der Waals surface area contributed by atoms with E-state index in [0.29, 0.717) is 22.6 Å². The predicted molar refractivity (Wildman–Crippen MR) is 151 cm³/mol. The first-order valence-corrected chi connectivity index (χ1v) is 13.7. The molecule has 5 rings (SSSR count). The Morgan fingerprint density at radius 3 is 2.45 bits per heavy atom. The lowest BCUT2D eigenvalue weighted by Crippen LogP contribution is -2.52. The Morgan fingerprint density at radius 2 is 1.77 bits per heavy atom. The third-order valence-electron chi connectivity index (χ3n) is 6.88. The standard InChI is InChI=1S/C31H29F2N3O8/c1-31(2,41)16-43-27-18(4-3-17-14-36(29(39)26(17)27)24-11-12-25(37)35-28(24)38)15-42-30(40)34-19-5-7-20(8-6-19)44-21-9-10-22(32)23(33)13-21/h3-10,13,24,41H,11-12,14-16H2,1-2H3,(H,34,40)(H,35,37,38). The van der Waals surface area contributed by atoms with Crippen molar-refractivity contribution in [2.24, 2.45) is 0 Å². The van der Waals surface area contributed by atoms with Gasteiger partial charge in [-0.2, -0.15) is 0 Å². The molecule has 3 aromatic rings. The Kier molecular flexibility index (Phi) is 8.50. The number of hydrogen-bond donors (Lipinski definition) is 3. The molecule has 0 spiro atoms. The fourth-order valence-corrected chi connectivity index (χ4v) is 4.77. The van der Waals surface area contributed by atoms with Gasteiger partial charge in [0.2, 0.25) is 11.8 Å². The van der Waals surface area contributed by atoms with Crippen molar-refractivity contribution in [3.05, 3.63) is 82.9 Å². The van der Waals surface area contributed by atoms with Gasteiger partial charge in [0.25, 0.3) is 5.91 Å². The van der Waals surface area contributed by atoms with Gasteiger partial charge >= 0.3 is 6.09 Å². The Balaban J connectivity index is 1.26. The second-order valence-corrected chi connectivity index (χ2v) is 11.0. The average Bonchev–Trinajstić information content (AvgIpc) is 3.29. The Bertz CT molecular complexity index is 1620. The summed E-state index contributed by atoms with van der Waals surface area (Å²) in [7, 11) is 0. The second-order valence-electron chi connectivity index (χ2n) is 11.0. The maximum atomic E-state index is 13.5. The molecule has 2 heterocycles. The van der Waals surface area contributed by atoms with Crippen LogP contribution in [0.15, 0.2) is 54.6 Å². The summed E-state index contributed by atoms with van der Waals surface area (Å²) in [5.74, 6) is -2.92. The van der Waals surface area contributed by atoms with Gasteiger partial charge in [0, 0.05) is 30.3 Å². The summed E-state index contributed by atoms with van der Waals surface area (Å²) >= 11 is 0. The number of fused-ring (bicyclic) bond motifs is 1. The molecule has 230 valence electrons. The van der Waals surface area contributed by atoms with Crippen LogP contribution in [0.3, 0.4) is 0 Å². The third-order valence-corrected chi connectivity index (χ3v) is 6.88. The van der Waals surface area contributed by atoms with Crippen molar-refractivity contribution in [3.8, 4) is 17.2 Å². The molecule has 2 aliphatic heterocycles. The van der Waals surface area contributed by atoms with Crippen molar-refractivity contribution < 1.29 is 47.3 Å². The predicted octanol–water partition coefficient (Wildman–Crippen LogP) is 4.42. The van der Waals surface area contributed by atoms with Crippen LogP contribution in [0.5, 0.6) is 17.2 Å². The van der Waals surface area contributed by atoms with Crippen molar-refractivity contribution in [1.82, 2.24) is 10.2 Å². The number of hydrogen-bond acceptors (Lipinski definition) is 8. The number of benzene rings is 3. The minimum atomic E-state index is -1.25. The van der Waals surface area contributed by atoms with Crippen LogP contribution in [0.4, 0.5) is 19.3 Å². The van der Waals surface area contributed by atoms with E-state index in [1.807, 2.05) is 0 Å². The first-order chi connectivity index (χ1) is 20.9. The zero-order valence-corrected chi connectivity index (χ0v) is 23.8. The number of anilines is 1. The molecule has 1 saturated heterocycles. The van der Waals surface area contributed by atoms with Gasteiger partial charge in [0.05, 0.1) is 11.2 Å². The maximum Gasteiger partial charge on any atom is 0.411 e. The van der Waals surface area contributed by atoms with E-state index in [1.165, 1.54) is 49.1 Å². The molecule has 0 radical (unpaired) electrons. The van der Waals surface area contributed by atoms with E-state index < -0.39 is 47.1 Å². The maximum absolute atomic E-state index is 13.5. The average molecular weight is 610 g/mol. The van der Waals surface area contributed by atoms with Gasteiger partial charge in [-0.05, 0) is 62.2 Å². The van der Waals surface area contributed by atoms with Crippen LogP contribution >= 0.6 is 0 Å². The molecular weight excluding hydrogens is 580 g/mol. The molecule has 1 atom stereocenters. The van der Waals surface area contributed by atoms with Gasteiger partial charge in [-0.15, -0.1) is 0 Å². The van der Waals surface area contributed by atoms with Crippen LogP contribution in [-0.2, 0) is 27.5 Å². The van der Waals surface area contributed by atoms with Crippen molar-refractivity contribution in [2.75, 3.05) is 11.9 Å². The highest BCUT2D eigenvalue weighted by Crippen LogP contribution is 2.37. The van der Waals surface area contributed by atoms with Gasteiger partial charge in [0.15, 0.2) is 11.6 Å². The molecule has 3 N–H and O–H groups in total. The van der Waals surface area contributed by atoms with Crippen LogP contribution in [0.2, 0.25) is 0 Å². The fourth-order valence-electron chi connectivity index (χ4n) is 4.77. The van der Waals surface area contributed by atoms with Crippen molar-refractivity contribution in [2.45, 2.75) is 51.5 Å². The molecule has 3 aromatic carbocycles. The monoisotopic (exact) mass is 609 g/mol. The highest BCUT2D eigenvalue weighted by atomic mass is 19.2. The minimum absolute atomic E-state index is 0.0969. The first-order valence-electron chi connectivity index (χ1n) is 13.7. The molecule has 0 saturated carbocycles. The number of imide groups is 1. The number of carbonyl (C=O) groups excluding carboxylic acids is 4. The van der Waals surface area contributed by atoms with Crippen LogP contribution < -0.4 is 20.1 Å². The second kappa shape index (κ2) is 12.3. The van der Waals surface area contributed by atoms with Gasteiger partial charge in [-0.25, -0.2) is 13.6 Å². The number of piperidine rings is 1. The molecule has 13 heteroatoms. The lowest BCUT2D eigenvalue weighted by atomic mass is 10.0. The van der Waals surface area contributed by atoms with Gasteiger partial charge in [-0.1, -0.05) is 12.1 Å². The number of carbonyl (C=O) groups is 4. The Hall–Kier alpha value is -5.04. The number of aliphatic hydroxyl groups is 1. The molecule has 11 nitrogen and oxygen atoms in total. The van der Waals surface area contributed by atoms with Gasteiger partial charge in [-0.3, -0.25) is 25.0 Å². The molecule has 4 amide bonds. The highest BCUT2D eigenvalue weighted by Gasteiger charge is 2.41. The molecule has 1 unspecified atom stereocenters.